The van der Waals surface area contributed by atoms with Gasteiger partial charge in [0, 0.05) is 10.6 Å². The molecule has 3 heteroatoms. The third kappa shape index (κ3) is 2.15. The molecule has 3 rings (SSSR count). The lowest BCUT2D eigenvalue weighted by atomic mass is 10.1. The van der Waals surface area contributed by atoms with Crippen LogP contribution in [0.15, 0.2) is 23.7 Å². The molecule has 1 N–H and O–H groups in total. The van der Waals surface area contributed by atoms with Crippen molar-refractivity contribution in [3.63, 3.8) is 0 Å². The molecular formula is C15H18N2S. The van der Waals surface area contributed by atoms with Gasteiger partial charge in [-0.2, -0.15) is 0 Å². The molecular weight excluding hydrogens is 240 g/mol. The molecule has 1 unspecified atom stereocenters. The smallest absolute Gasteiger partial charge is 0.0798 e. The van der Waals surface area contributed by atoms with Crippen molar-refractivity contribution in [1.82, 2.24) is 4.98 Å². The summed E-state index contributed by atoms with van der Waals surface area (Å²) in [5, 5.41) is 3.59. The van der Waals surface area contributed by atoms with Crippen molar-refractivity contribution in [3.05, 3.63) is 45.4 Å². The Morgan fingerprint density at radius 3 is 2.89 bits per heavy atom. The average molecular weight is 258 g/mol. The number of aromatic nitrogens is 1. The number of hydrogen-bond donors (Lipinski definition) is 1. The molecule has 1 heterocycles. The lowest BCUT2D eigenvalue weighted by Gasteiger charge is -2.15. The lowest BCUT2D eigenvalue weighted by molar-refractivity contribution is 0.889. The van der Waals surface area contributed by atoms with Crippen LogP contribution in [-0.2, 0) is 12.8 Å². The predicted octanol–water partition coefficient (Wildman–Crippen LogP) is 4.11. The molecule has 1 aliphatic carbocycles. The minimum absolute atomic E-state index is 0.331. The molecule has 1 atom stereocenters. The number of thiazole rings is 1. The number of hydrogen-bond acceptors (Lipinski definition) is 3. The second-order valence-electron chi connectivity index (χ2n) is 5.01. The first-order chi connectivity index (χ1) is 8.74. The molecule has 0 amide bonds. The number of nitrogens with one attached hydrogen (secondary N) is 1. The fourth-order valence-electron chi connectivity index (χ4n) is 2.70. The van der Waals surface area contributed by atoms with E-state index in [9.17, 15) is 0 Å². The summed E-state index contributed by atoms with van der Waals surface area (Å²) in [6.45, 7) is 4.28. The molecule has 18 heavy (non-hydrogen) atoms. The van der Waals surface area contributed by atoms with Crippen molar-refractivity contribution < 1.29 is 0 Å². The zero-order chi connectivity index (χ0) is 12.5. The first-order valence-corrected chi connectivity index (χ1v) is 7.40. The lowest BCUT2D eigenvalue weighted by Crippen LogP contribution is -2.06. The van der Waals surface area contributed by atoms with Crippen LogP contribution in [0.1, 0.15) is 41.1 Å². The Balaban J connectivity index is 1.79. The van der Waals surface area contributed by atoms with E-state index in [1.54, 1.807) is 11.3 Å². The van der Waals surface area contributed by atoms with Gasteiger partial charge in [0.1, 0.15) is 0 Å². The molecule has 1 aromatic carbocycles. The summed E-state index contributed by atoms with van der Waals surface area (Å²) in [5.74, 6) is 0. The standard InChI is InChI=1S/C15H18N2S/c1-10-15(18-9-16-10)11(2)17-14-7-6-12-4-3-5-13(12)8-14/h6-9,11,17H,3-5H2,1-2H3. The van der Waals surface area contributed by atoms with Gasteiger partial charge in [-0.1, -0.05) is 6.07 Å². The van der Waals surface area contributed by atoms with E-state index in [1.165, 1.54) is 41.0 Å². The third-order valence-electron chi connectivity index (χ3n) is 3.66. The number of anilines is 1. The molecule has 0 bridgehead atoms. The Hall–Kier alpha value is -1.35. The van der Waals surface area contributed by atoms with Crippen LogP contribution in [-0.4, -0.2) is 4.98 Å². The molecule has 1 aliphatic rings. The van der Waals surface area contributed by atoms with E-state index >= 15 is 0 Å². The topological polar surface area (TPSA) is 24.9 Å². The van der Waals surface area contributed by atoms with Crippen LogP contribution in [0, 0.1) is 6.92 Å². The van der Waals surface area contributed by atoms with Gasteiger partial charge in [0.05, 0.1) is 17.2 Å². The SMILES string of the molecule is Cc1ncsc1C(C)Nc1ccc2c(c1)CCC2. The molecule has 2 nitrogen and oxygen atoms in total. The van der Waals surface area contributed by atoms with Crippen LogP contribution >= 0.6 is 11.3 Å². The summed E-state index contributed by atoms with van der Waals surface area (Å²) < 4.78 is 0. The van der Waals surface area contributed by atoms with Crippen molar-refractivity contribution in [2.24, 2.45) is 0 Å². The molecule has 0 radical (unpaired) electrons. The van der Waals surface area contributed by atoms with Gasteiger partial charge in [0.2, 0.25) is 0 Å². The van der Waals surface area contributed by atoms with Gasteiger partial charge in [0.25, 0.3) is 0 Å². The molecule has 94 valence electrons. The van der Waals surface area contributed by atoms with Crippen molar-refractivity contribution in [2.75, 3.05) is 5.32 Å². The van der Waals surface area contributed by atoms with Gasteiger partial charge in [0.15, 0.2) is 0 Å². The van der Waals surface area contributed by atoms with Crippen LogP contribution in [0.3, 0.4) is 0 Å². The fraction of sp³-hybridized carbons (Fsp3) is 0.400. The summed E-state index contributed by atoms with van der Waals surface area (Å²) in [6.07, 6.45) is 3.79. The number of nitrogens with zero attached hydrogens (tertiary/aromatic N) is 1. The van der Waals surface area contributed by atoms with E-state index in [2.05, 4.69) is 42.3 Å². The van der Waals surface area contributed by atoms with Crippen LogP contribution in [0.25, 0.3) is 0 Å². The molecule has 0 fully saturated rings. The Morgan fingerprint density at radius 1 is 1.28 bits per heavy atom. The maximum atomic E-state index is 4.32. The average Bonchev–Trinajstić information content (AvgIpc) is 2.96. The van der Waals surface area contributed by atoms with Gasteiger partial charge >= 0.3 is 0 Å². The van der Waals surface area contributed by atoms with E-state index in [-0.39, 0.29) is 0 Å². The molecule has 0 aliphatic heterocycles. The van der Waals surface area contributed by atoms with Crippen LogP contribution in [0.2, 0.25) is 0 Å². The van der Waals surface area contributed by atoms with Gasteiger partial charge < -0.3 is 5.32 Å². The van der Waals surface area contributed by atoms with Crippen LogP contribution in [0.5, 0.6) is 0 Å². The van der Waals surface area contributed by atoms with E-state index in [4.69, 9.17) is 0 Å². The maximum absolute atomic E-state index is 4.32. The highest BCUT2D eigenvalue weighted by Crippen LogP contribution is 2.28. The van der Waals surface area contributed by atoms with Crippen molar-refractivity contribution in [3.8, 4) is 0 Å². The number of rotatable bonds is 3. The minimum Gasteiger partial charge on any atom is -0.378 e. The first kappa shape index (κ1) is 11.7. The van der Waals surface area contributed by atoms with E-state index < -0.39 is 0 Å². The highest BCUT2D eigenvalue weighted by molar-refractivity contribution is 7.09. The Bertz CT molecular complexity index is 559. The van der Waals surface area contributed by atoms with E-state index in [1.807, 2.05) is 5.51 Å². The first-order valence-electron chi connectivity index (χ1n) is 6.52. The number of benzene rings is 1. The normalized spacial score (nSPS) is 15.4. The molecule has 0 saturated heterocycles. The second kappa shape index (κ2) is 4.73. The van der Waals surface area contributed by atoms with Gasteiger partial charge in [-0.15, -0.1) is 11.3 Å². The van der Waals surface area contributed by atoms with E-state index in [0.29, 0.717) is 6.04 Å². The molecule has 1 aromatic heterocycles. The predicted molar refractivity (Wildman–Crippen MR) is 77.4 cm³/mol. The van der Waals surface area contributed by atoms with E-state index in [0.717, 1.165) is 5.69 Å². The number of fused-ring (bicyclic) bond motifs is 1. The Morgan fingerprint density at radius 2 is 2.11 bits per heavy atom. The zero-order valence-corrected chi connectivity index (χ0v) is 11.7. The number of aryl methyl sites for hydroxylation is 3. The van der Waals surface area contributed by atoms with Gasteiger partial charge in [-0.25, -0.2) is 4.98 Å². The largest absolute Gasteiger partial charge is 0.378 e. The Labute approximate surface area is 112 Å². The summed E-state index contributed by atoms with van der Waals surface area (Å²) in [4.78, 5) is 5.64. The second-order valence-corrected chi connectivity index (χ2v) is 5.89. The zero-order valence-electron chi connectivity index (χ0n) is 10.9. The van der Waals surface area contributed by atoms with Crippen molar-refractivity contribution >= 4 is 17.0 Å². The third-order valence-corrected chi connectivity index (χ3v) is 4.77. The highest BCUT2D eigenvalue weighted by atomic mass is 32.1. The summed E-state index contributed by atoms with van der Waals surface area (Å²) in [7, 11) is 0. The van der Waals surface area contributed by atoms with Crippen LogP contribution < -0.4 is 5.32 Å². The minimum atomic E-state index is 0.331. The molecule has 0 saturated carbocycles. The summed E-state index contributed by atoms with van der Waals surface area (Å²) in [6, 6.07) is 7.13. The maximum Gasteiger partial charge on any atom is 0.0798 e. The Kier molecular flexibility index (Phi) is 3.08. The molecule has 2 aromatic rings. The summed E-state index contributed by atoms with van der Waals surface area (Å²) >= 11 is 1.73. The fourth-order valence-corrected chi connectivity index (χ4v) is 3.51. The monoisotopic (exact) mass is 258 g/mol. The van der Waals surface area contributed by atoms with Crippen LogP contribution in [0.4, 0.5) is 5.69 Å². The summed E-state index contributed by atoms with van der Waals surface area (Å²) in [5.41, 5.74) is 7.35. The van der Waals surface area contributed by atoms with Crippen molar-refractivity contribution in [2.45, 2.75) is 39.2 Å². The van der Waals surface area contributed by atoms with Crippen molar-refractivity contribution in [1.29, 1.82) is 0 Å². The highest BCUT2D eigenvalue weighted by Gasteiger charge is 2.14. The quantitative estimate of drug-likeness (QED) is 0.896. The van der Waals surface area contributed by atoms with Gasteiger partial charge in [-0.3, -0.25) is 0 Å². The molecule has 0 spiro atoms. The van der Waals surface area contributed by atoms with Gasteiger partial charge in [-0.05, 0) is 56.4 Å².